The maximum Gasteiger partial charge on any atom is 0.161 e. The number of aliphatic hydroxyl groups is 1. The van der Waals surface area contributed by atoms with Gasteiger partial charge in [-0.25, -0.2) is 0 Å². The van der Waals surface area contributed by atoms with Gasteiger partial charge in [0.15, 0.2) is 11.5 Å². The van der Waals surface area contributed by atoms with Crippen molar-refractivity contribution in [1.29, 1.82) is 0 Å². The lowest BCUT2D eigenvalue weighted by Crippen LogP contribution is -2.49. The van der Waals surface area contributed by atoms with Crippen LogP contribution in [0.15, 0.2) is 49.1 Å². The molecule has 1 heterocycles. The standard InChI is InChI=1S/C24H31ClN2O3.ClH/c1-4-5-19-7-9-23(24(14-19)29-3)30-17-21(28)16-26-10-12-27(13-11-26)22-15-20(25)8-6-18(22)2;/h4,6-9,14-15,21,28H,1,5,10-13,16-17H2,2-3H3;1H. The van der Waals surface area contributed by atoms with Crippen LogP contribution in [-0.2, 0) is 6.42 Å². The van der Waals surface area contributed by atoms with Gasteiger partial charge in [-0.2, -0.15) is 0 Å². The second-order valence-corrected chi connectivity index (χ2v) is 8.10. The molecule has 31 heavy (non-hydrogen) atoms. The molecule has 1 fully saturated rings. The van der Waals surface area contributed by atoms with E-state index < -0.39 is 6.10 Å². The molecular weight excluding hydrogens is 435 g/mol. The summed E-state index contributed by atoms with van der Waals surface area (Å²) >= 11 is 6.17. The monoisotopic (exact) mass is 466 g/mol. The lowest BCUT2D eigenvalue weighted by Gasteiger charge is -2.37. The number of allylic oxidation sites excluding steroid dienone is 1. The molecule has 1 unspecified atom stereocenters. The summed E-state index contributed by atoms with van der Waals surface area (Å²) in [4.78, 5) is 4.63. The van der Waals surface area contributed by atoms with Crippen molar-refractivity contribution in [2.24, 2.45) is 0 Å². The van der Waals surface area contributed by atoms with Gasteiger partial charge in [0, 0.05) is 43.4 Å². The van der Waals surface area contributed by atoms with Crippen molar-refractivity contribution in [3.8, 4) is 11.5 Å². The van der Waals surface area contributed by atoms with Crippen LogP contribution in [0.5, 0.6) is 11.5 Å². The van der Waals surface area contributed by atoms with E-state index in [1.54, 1.807) is 7.11 Å². The largest absolute Gasteiger partial charge is 0.493 e. The minimum Gasteiger partial charge on any atom is -0.493 e. The van der Waals surface area contributed by atoms with Crippen LogP contribution in [-0.4, -0.2) is 62.6 Å². The lowest BCUT2D eigenvalue weighted by atomic mass is 10.1. The number of rotatable bonds is 9. The highest BCUT2D eigenvalue weighted by Gasteiger charge is 2.21. The van der Waals surface area contributed by atoms with E-state index in [1.165, 1.54) is 11.3 Å². The highest BCUT2D eigenvalue weighted by Crippen LogP contribution is 2.29. The van der Waals surface area contributed by atoms with Gasteiger partial charge in [0.25, 0.3) is 0 Å². The number of β-amino-alcohol motifs (C(OH)–C–C–N with tert-alkyl or cyclic N) is 1. The van der Waals surface area contributed by atoms with Gasteiger partial charge in [-0.3, -0.25) is 4.90 Å². The number of aryl methyl sites for hydroxylation is 1. The van der Waals surface area contributed by atoms with E-state index in [2.05, 4.69) is 29.4 Å². The van der Waals surface area contributed by atoms with Crippen LogP contribution in [0.4, 0.5) is 5.69 Å². The second-order valence-electron chi connectivity index (χ2n) is 7.66. The molecule has 1 N–H and O–H groups in total. The van der Waals surface area contributed by atoms with Crippen LogP contribution in [0, 0.1) is 6.92 Å². The van der Waals surface area contributed by atoms with E-state index in [4.69, 9.17) is 21.1 Å². The number of halogens is 2. The topological polar surface area (TPSA) is 45.2 Å². The third-order valence-electron chi connectivity index (χ3n) is 5.39. The first-order chi connectivity index (χ1) is 14.5. The van der Waals surface area contributed by atoms with E-state index in [9.17, 15) is 5.11 Å². The van der Waals surface area contributed by atoms with Gasteiger partial charge in [-0.05, 0) is 48.7 Å². The minimum absolute atomic E-state index is 0. The molecular formula is C24H32Cl2N2O3. The molecule has 2 aromatic rings. The van der Waals surface area contributed by atoms with Gasteiger partial charge < -0.3 is 19.5 Å². The summed E-state index contributed by atoms with van der Waals surface area (Å²) in [6.45, 7) is 10.3. The van der Waals surface area contributed by atoms with Crippen molar-refractivity contribution >= 4 is 29.7 Å². The maximum atomic E-state index is 10.5. The van der Waals surface area contributed by atoms with E-state index in [0.717, 1.165) is 43.2 Å². The van der Waals surface area contributed by atoms with Crippen molar-refractivity contribution in [3.63, 3.8) is 0 Å². The summed E-state index contributed by atoms with van der Waals surface area (Å²) in [5, 5.41) is 11.2. The average molecular weight is 467 g/mol. The van der Waals surface area contributed by atoms with Gasteiger partial charge >= 0.3 is 0 Å². The second kappa shape index (κ2) is 12.2. The van der Waals surface area contributed by atoms with Gasteiger partial charge in [-0.1, -0.05) is 29.8 Å². The van der Waals surface area contributed by atoms with E-state index >= 15 is 0 Å². The molecule has 1 aliphatic heterocycles. The smallest absolute Gasteiger partial charge is 0.161 e. The zero-order chi connectivity index (χ0) is 21.5. The summed E-state index contributed by atoms with van der Waals surface area (Å²) in [5.74, 6) is 1.32. The molecule has 7 heteroatoms. The molecule has 0 saturated carbocycles. The van der Waals surface area contributed by atoms with Crippen molar-refractivity contribution in [2.75, 3.05) is 51.3 Å². The van der Waals surface area contributed by atoms with E-state index in [-0.39, 0.29) is 19.0 Å². The van der Waals surface area contributed by atoms with Crippen molar-refractivity contribution in [3.05, 3.63) is 65.2 Å². The highest BCUT2D eigenvalue weighted by atomic mass is 35.5. The minimum atomic E-state index is -0.568. The van der Waals surface area contributed by atoms with Crippen LogP contribution in [0.2, 0.25) is 5.02 Å². The molecule has 2 aromatic carbocycles. The third kappa shape index (κ3) is 7.04. The fourth-order valence-electron chi connectivity index (χ4n) is 3.76. The Hall–Kier alpha value is -1.92. The first kappa shape index (κ1) is 25.3. The molecule has 170 valence electrons. The number of piperazine rings is 1. The fourth-order valence-corrected chi connectivity index (χ4v) is 3.92. The van der Waals surface area contributed by atoms with Gasteiger partial charge in [0.1, 0.15) is 12.7 Å². The Labute approximate surface area is 196 Å². The van der Waals surface area contributed by atoms with Crippen LogP contribution < -0.4 is 14.4 Å². The lowest BCUT2D eigenvalue weighted by molar-refractivity contribution is 0.0653. The van der Waals surface area contributed by atoms with Gasteiger partial charge in [-0.15, -0.1) is 19.0 Å². The van der Waals surface area contributed by atoms with Crippen LogP contribution in [0.25, 0.3) is 0 Å². The van der Waals surface area contributed by atoms with E-state index in [0.29, 0.717) is 18.0 Å². The number of benzene rings is 2. The Morgan fingerprint density at radius 3 is 2.55 bits per heavy atom. The number of hydrogen-bond acceptors (Lipinski definition) is 5. The molecule has 0 aliphatic carbocycles. The molecule has 5 nitrogen and oxygen atoms in total. The van der Waals surface area contributed by atoms with E-state index in [1.807, 2.05) is 36.4 Å². The Bertz CT molecular complexity index is 855. The van der Waals surface area contributed by atoms with Crippen molar-refractivity contribution in [1.82, 2.24) is 4.90 Å². The number of aliphatic hydroxyl groups excluding tert-OH is 1. The van der Waals surface area contributed by atoms with Crippen LogP contribution >= 0.6 is 24.0 Å². The Kier molecular flexibility index (Phi) is 9.97. The van der Waals surface area contributed by atoms with Crippen LogP contribution in [0.3, 0.4) is 0 Å². The number of nitrogens with zero attached hydrogens (tertiary/aromatic N) is 2. The molecule has 0 bridgehead atoms. The average Bonchev–Trinajstić information content (AvgIpc) is 2.75. The van der Waals surface area contributed by atoms with Gasteiger partial charge in [0.05, 0.1) is 7.11 Å². The molecule has 0 aromatic heterocycles. The molecule has 0 radical (unpaired) electrons. The fraction of sp³-hybridized carbons (Fsp3) is 0.417. The molecule has 1 atom stereocenters. The van der Waals surface area contributed by atoms with Crippen molar-refractivity contribution < 1.29 is 14.6 Å². The Balaban J connectivity index is 0.00000341. The summed E-state index contributed by atoms with van der Waals surface area (Å²) in [6, 6.07) is 11.8. The van der Waals surface area contributed by atoms with Gasteiger partial charge in [0.2, 0.25) is 0 Å². The number of anilines is 1. The summed E-state index contributed by atoms with van der Waals surface area (Å²) in [5.41, 5.74) is 3.54. The number of hydrogen-bond donors (Lipinski definition) is 1. The first-order valence-electron chi connectivity index (χ1n) is 10.3. The normalized spacial score (nSPS) is 15.2. The van der Waals surface area contributed by atoms with Crippen molar-refractivity contribution in [2.45, 2.75) is 19.4 Å². The predicted molar refractivity (Wildman–Crippen MR) is 130 cm³/mol. The highest BCUT2D eigenvalue weighted by molar-refractivity contribution is 6.30. The predicted octanol–water partition coefficient (Wildman–Crippen LogP) is 4.37. The third-order valence-corrected chi connectivity index (χ3v) is 5.63. The molecule has 0 amide bonds. The maximum absolute atomic E-state index is 10.5. The van der Waals surface area contributed by atoms with Crippen LogP contribution in [0.1, 0.15) is 11.1 Å². The number of ether oxygens (including phenoxy) is 2. The SMILES string of the molecule is C=CCc1ccc(OCC(O)CN2CCN(c3cc(Cl)ccc3C)CC2)c(OC)c1.Cl. The quantitative estimate of drug-likeness (QED) is 0.555. The molecule has 1 aliphatic rings. The Morgan fingerprint density at radius 2 is 1.87 bits per heavy atom. The number of methoxy groups -OCH3 is 1. The molecule has 1 saturated heterocycles. The summed E-state index contributed by atoms with van der Waals surface area (Å²) < 4.78 is 11.3. The zero-order valence-electron chi connectivity index (χ0n) is 18.2. The molecule has 0 spiro atoms. The summed E-state index contributed by atoms with van der Waals surface area (Å²) in [7, 11) is 1.62. The Morgan fingerprint density at radius 1 is 1.13 bits per heavy atom. The first-order valence-corrected chi connectivity index (χ1v) is 10.7. The summed E-state index contributed by atoms with van der Waals surface area (Å²) in [6.07, 6.45) is 2.06. The zero-order valence-corrected chi connectivity index (χ0v) is 19.8. The molecule has 3 rings (SSSR count).